The standard InChI is InChI=1S/C15H21N5O/c1-3-16-13(9-15-17-19-20(2)18-15)12-8-11-6-4-5-7-14(11)21-10-12/h4-7,12-13,16H,3,8-10H2,1-2H3. The van der Waals surface area contributed by atoms with Crippen molar-refractivity contribution in [2.24, 2.45) is 13.0 Å². The Morgan fingerprint density at radius 1 is 1.43 bits per heavy atom. The Balaban J connectivity index is 1.72. The summed E-state index contributed by atoms with van der Waals surface area (Å²) in [5.41, 5.74) is 1.28. The summed E-state index contributed by atoms with van der Waals surface area (Å²) < 4.78 is 5.90. The van der Waals surface area contributed by atoms with Gasteiger partial charge in [0.05, 0.1) is 13.7 Å². The maximum Gasteiger partial charge on any atom is 0.176 e. The molecule has 0 bridgehead atoms. The molecule has 6 heteroatoms. The predicted octanol–water partition coefficient (Wildman–Crippen LogP) is 0.982. The maximum atomic E-state index is 5.90. The van der Waals surface area contributed by atoms with E-state index in [1.54, 1.807) is 7.05 Å². The molecule has 2 aromatic rings. The number of para-hydroxylation sites is 1. The first kappa shape index (κ1) is 14.0. The molecule has 0 aliphatic carbocycles. The molecule has 2 atom stereocenters. The lowest BCUT2D eigenvalue weighted by atomic mass is 9.88. The maximum absolute atomic E-state index is 5.90. The Kier molecular flexibility index (Phi) is 4.15. The van der Waals surface area contributed by atoms with Crippen molar-refractivity contribution in [3.05, 3.63) is 35.7 Å². The van der Waals surface area contributed by atoms with Crippen LogP contribution in [0.3, 0.4) is 0 Å². The summed E-state index contributed by atoms with van der Waals surface area (Å²) in [6, 6.07) is 8.57. The van der Waals surface area contributed by atoms with Crippen molar-refractivity contribution < 1.29 is 4.74 Å². The predicted molar refractivity (Wildman–Crippen MR) is 79.1 cm³/mol. The zero-order valence-electron chi connectivity index (χ0n) is 12.5. The molecule has 1 N–H and O–H groups in total. The van der Waals surface area contributed by atoms with Crippen LogP contribution >= 0.6 is 0 Å². The molecule has 0 radical (unpaired) electrons. The van der Waals surface area contributed by atoms with E-state index < -0.39 is 0 Å². The van der Waals surface area contributed by atoms with Crippen molar-refractivity contribution in [3.8, 4) is 5.75 Å². The molecule has 3 rings (SSSR count). The second-order valence-corrected chi connectivity index (χ2v) is 5.45. The summed E-state index contributed by atoms with van der Waals surface area (Å²) in [4.78, 5) is 1.50. The van der Waals surface area contributed by atoms with E-state index in [0.717, 1.165) is 37.6 Å². The van der Waals surface area contributed by atoms with E-state index in [1.165, 1.54) is 10.4 Å². The van der Waals surface area contributed by atoms with Crippen LogP contribution in [0.4, 0.5) is 0 Å². The fourth-order valence-corrected chi connectivity index (χ4v) is 2.88. The van der Waals surface area contributed by atoms with Crippen molar-refractivity contribution in [1.82, 2.24) is 25.5 Å². The van der Waals surface area contributed by atoms with Crippen molar-refractivity contribution in [2.75, 3.05) is 13.2 Å². The third-order valence-electron chi connectivity index (χ3n) is 3.90. The lowest BCUT2D eigenvalue weighted by molar-refractivity contribution is 0.183. The average molecular weight is 287 g/mol. The largest absolute Gasteiger partial charge is 0.493 e. The van der Waals surface area contributed by atoms with E-state index in [4.69, 9.17) is 4.74 Å². The molecule has 1 aromatic heterocycles. The molecule has 0 saturated carbocycles. The number of likely N-dealkylation sites (N-methyl/N-ethyl adjacent to an activating group) is 1. The Hall–Kier alpha value is -1.95. The molecule has 6 nitrogen and oxygen atoms in total. The first-order valence-electron chi connectivity index (χ1n) is 7.43. The second-order valence-electron chi connectivity index (χ2n) is 5.45. The smallest absolute Gasteiger partial charge is 0.176 e. The summed E-state index contributed by atoms with van der Waals surface area (Å²) in [7, 11) is 1.79. The van der Waals surface area contributed by atoms with Crippen LogP contribution in [0.15, 0.2) is 24.3 Å². The number of hydrogen-bond acceptors (Lipinski definition) is 5. The number of aromatic nitrogens is 4. The van der Waals surface area contributed by atoms with Gasteiger partial charge in [0.2, 0.25) is 0 Å². The zero-order valence-corrected chi connectivity index (χ0v) is 12.5. The van der Waals surface area contributed by atoms with Crippen LogP contribution in [-0.4, -0.2) is 39.4 Å². The van der Waals surface area contributed by atoms with Gasteiger partial charge in [-0.25, -0.2) is 0 Å². The molecular weight excluding hydrogens is 266 g/mol. The van der Waals surface area contributed by atoms with E-state index in [1.807, 2.05) is 12.1 Å². The quantitative estimate of drug-likeness (QED) is 0.888. The molecule has 0 spiro atoms. The van der Waals surface area contributed by atoms with Crippen LogP contribution in [0.1, 0.15) is 18.3 Å². The third-order valence-corrected chi connectivity index (χ3v) is 3.90. The minimum atomic E-state index is 0.299. The van der Waals surface area contributed by atoms with Gasteiger partial charge in [-0.15, -0.1) is 10.2 Å². The Morgan fingerprint density at radius 2 is 2.29 bits per heavy atom. The normalized spacial score (nSPS) is 18.9. The molecule has 1 aliphatic heterocycles. The van der Waals surface area contributed by atoms with Crippen LogP contribution in [0, 0.1) is 5.92 Å². The number of nitrogens with one attached hydrogen (secondary N) is 1. The SMILES string of the molecule is CCNC(Cc1nnn(C)n1)C1COc2ccccc2C1. The number of hydrogen-bond donors (Lipinski definition) is 1. The van der Waals surface area contributed by atoms with Crippen LogP contribution < -0.4 is 10.1 Å². The van der Waals surface area contributed by atoms with Crippen molar-refractivity contribution in [3.63, 3.8) is 0 Å². The van der Waals surface area contributed by atoms with Crippen LogP contribution in [0.25, 0.3) is 0 Å². The van der Waals surface area contributed by atoms with Crippen LogP contribution in [0.2, 0.25) is 0 Å². The summed E-state index contributed by atoms with van der Waals surface area (Å²) >= 11 is 0. The van der Waals surface area contributed by atoms with E-state index >= 15 is 0 Å². The molecule has 2 unspecified atom stereocenters. The third kappa shape index (κ3) is 3.21. The lowest BCUT2D eigenvalue weighted by Gasteiger charge is -2.31. The van der Waals surface area contributed by atoms with Gasteiger partial charge in [0.25, 0.3) is 0 Å². The van der Waals surface area contributed by atoms with E-state index in [2.05, 4.69) is 39.8 Å². The fraction of sp³-hybridized carbons (Fsp3) is 0.533. The lowest BCUT2D eigenvalue weighted by Crippen LogP contribution is -2.43. The Bertz CT molecular complexity index is 597. The van der Waals surface area contributed by atoms with Crippen molar-refractivity contribution in [2.45, 2.75) is 25.8 Å². The second kappa shape index (κ2) is 6.22. The average Bonchev–Trinajstić information content (AvgIpc) is 2.91. The molecule has 1 aromatic carbocycles. The number of benzene rings is 1. The first-order chi connectivity index (χ1) is 10.3. The monoisotopic (exact) mass is 287 g/mol. The molecule has 1 aliphatic rings. The number of fused-ring (bicyclic) bond motifs is 1. The first-order valence-corrected chi connectivity index (χ1v) is 7.43. The highest BCUT2D eigenvalue weighted by molar-refractivity contribution is 5.35. The van der Waals surface area contributed by atoms with Crippen molar-refractivity contribution >= 4 is 0 Å². The molecule has 2 heterocycles. The van der Waals surface area contributed by atoms with Gasteiger partial charge in [-0.05, 0) is 29.8 Å². The number of nitrogens with zero attached hydrogens (tertiary/aromatic N) is 4. The van der Waals surface area contributed by atoms with Gasteiger partial charge >= 0.3 is 0 Å². The highest BCUT2D eigenvalue weighted by Crippen LogP contribution is 2.28. The molecule has 0 amide bonds. The van der Waals surface area contributed by atoms with Crippen molar-refractivity contribution in [1.29, 1.82) is 0 Å². The zero-order chi connectivity index (χ0) is 14.7. The summed E-state index contributed by atoms with van der Waals surface area (Å²) in [6.45, 7) is 3.77. The number of rotatable bonds is 5. The fourth-order valence-electron chi connectivity index (χ4n) is 2.88. The Labute approximate surface area is 124 Å². The highest BCUT2D eigenvalue weighted by atomic mass is 16.5. The van der Waals surface area contributed by atoms with Gasteiger partial charge in [-0.2, -0.15) is 4.80 Å². The van der Waals surface area contributed by atoms with Gasteiger partial charge in [-0.3, -0.25) is 0 Å². The van der Waals surface area contributed by atoms with Crippen LogP contribution in [-0.2, 0) is 19.9 Å². The van der Waals surface area contributed by atoms with Gasteiger partial charge in [0.1, 0.15) is 5.75 Å². The van der Waals surface area contributed by atoms with Gasteiger partial charge < -0.3 is 10.1 Å². The minimum Gasteiger partial charge on any atom is -0.493 e. The molecule has 0 saturated heterocycles. The minimum absolute atomic E-state index is 0.299. The van der Waals surface area contributed by atoms with E-state index in [-0.39, 0.29) is 0 Å². The number of aryl methyl sites for hydroxylation is 1. The molecule has 21 heavy (non-hydrogen) atoms. The summed E-state index contributed by atoms with van der Waals surface area (Å²) in [5.74, 6) is 2.22. The Morgan fingerprint density at radius 3 is 3.05 bits per heavy atom. The summed E-state index contributed by atoms with van der Waals surface area (Å²) in [5, 5.41) is 15.8. The van der Waals surface area contributed by atoms with Gasteiger partial charge in [0, 0.05) is 18.4 Å². The van der Waals surface area contributed by atoms with Gasteiger partial charge in [0.15, 0.2) is 5.82 Å². The van der Waals surface area contributed by atoms with Crippen LogP contribution in [0.5, 0.6) is 5.75 Å². The number of ether oxygens (including phenoxy) is 1. The van der Waals surface area contributed by atoms with E-state index in [9.17, 15) is 0 Å². The molecule has 0 fully saturated rings. The van der Waals surface area contributed by atoms with Gasteiger partial charge in [-0.1, -0.05) is 25.1 Å². The highest BCUT2D eigenvalue weighted by Gasteiger charge is 2.28. The molecule has 112 valence electrons. The molecular formula is C15H21N5O. The number of tetrazole rings is 1. The van der Waals surface area contributed by atoms with E-state index in [0.29, 0.717) is 12.0 Å². The topological polar surface area (TPSA) is 64.9 Å². The summed E-state index contributed by atoms with van der Waals surface area (Å²) in [6.07, 6.45) is 1.80.